The van der Waals surface area contributed by atoms with Crippen molar-refractivity contribution in [3.63, 3.8) is 0 Å². The van der Waals surface area contributed by atoms with Gasteiger partial charge in [-0.3, -0.25) is 4.79 Å². The number of carboxylic acid groups (broad SMARTS) is 1. The van der Waals surface area contributed by atoms with Crippen LogP contribution in [0.25, 0.3) is 0 Å². The number of rotatable bonds is 3. The van der Waals surface area contributed by atoms with Crippen LogP contribution in [0.15, 0.2) is 0 Å². The van der Waals surface area contributed by atoms with Crippen molar-refractivity contribution in [2.75, 3.05) is 13.2 Å². The molecule has 70 valence electrons. The SMILES string of the molecule is O=C(O)CCC1(O)CCCOC1. The van der Waals surface area contributed by atoms with Crippen LogP contribution in [-0.4, -0.2) is 35.0 Å². The number of aliphatic carboxylic acids is 1. The van der Waals surface area contributed by atoms with Gasteiger partial charge in [-0.15, -0.1) is 0 Å². The summed E-state index contributed by atoms with van der Waals surface area (Å²) < 4.78 is 5.07. The van der Waals surface area contributed by atoms with Gasteiger partial charge >= 0.3 is 5.97 Å². The summed E-state index contributed by atoms with van der Waals surface area (Å²) in [7, 11) is 0. The number of hydrogen-bond acceptors (Lipinski definition) is 3. The van der Waals surface area contributed by atoms with Gasteiger partial charge in [-0.1, -0.05) is 0 Å². The molecule has 1 aliphatic heterocycles. The molecule has 1 rings (SSSR count). The number of hydrogen-bond donors (Lipinski definition) is 2. The van der Waals surface area contributed by atoms with Gasteiger partial charge in [-0.25, -0.2) is 0 Å². The highest BCUT2D eigenvalue weighted by atomic mass is 16.5. The van der Waals surface area contributed by atoms with Crippen LogP contribution in [0.4, 0.5) is 0 Å². The van der Waals surface area contributed by atoms with Crippen LogP contribution in [0.3, 0.4) is 0 Å². The minimum atomic E-state index is -0.892. The van der Waals surface area contributed by atoms with Crippen LogP contribution >= 0.6 is 0 Å². The zero-order chi connectivity index (χ0) is 9.03. The van der Waals surface area contributed by atoms with Crippen molar-refractivity contribution in [3.8, 4) is 0 Å². The van der Waals surface area contributed by atoms with Gasteiger partial charge in [0.2, 0.25) is 0 Å². The maximum Gasteiger partial charge on any atom is 0.303 e. The predicted octanol–water partition coefficient (Wildman–Crippen LogP) is 0.393. The van der Waals surface area contributed by atoms with Gasteiger partial charge in [0, 0.05) is 13.0 Å². The van der Waals surface area contributed by atoms with Crippen LogP contribution in [0, 0.1) is 0 Å². The van der Waals surface area contributed by atoms with E-state index >= 15 is 0 Å². The maximum absolute atomic E-state index is 10.2. The summed E-state index contributed by atoms with van der Waals surface area (Å²) in [6.45, 7) is 0.954. The number of ether oxygens (including phenoxy) is 1. The van der Waals surface area contributed by atoms with Crippen LogP contribution < -0.4 is 0 Å². The zero-order valence-corrected chi connectivity index (χ0v) is 6.95. The Bertz CT molecular complexity index is 160. The summed E-state index contributed by atoms with van der Waals surface area (Å²) >= 11 is 0. The van der Waals surface area contributed by atoms with E-state index in [1.165, 1.54) is 0 Å². The summed E-state index contributed by atoms with van der Waals surface area (Å²) in [5, 5.41) is 18.1. The second-order valence-corrected chi connectivity index (χ2v) is 3.27. The van der Waals surface area contributed by atoms with E-state index in [0.29, 0.717) is 19.4 Å². The molecule has 0 spiro atoms. The molecule has 12 heavy (non-hydrogen) atoms. The summed E-state index contributed by atoms with van der Waals surface area (Å²) in [4.78, 5) is 10.2. The van der Waals surface area contributed by atoms with Gasteiger partial charge in [0.1, 0.15) is 0 Å². The van der Waals surface area contributed by atoms with E-state index < -0.39 is 11.6 Å². The molecule has 0 amide bonds. The van der Waals surface area contributed by atoms with Crippen molar-refractivity contribution in [2.45, 2.75) is 31.3 Å². The second kappa shape index (κ2) is 3.87. The molecule has 0 aromatic heterocycles. The van der Waals surface area contributed by atoms with Gasteiger partial charge in [0.15, 0.2) is 0 Å². The third-order valence-electron chi connectivity index (χ3n) is 2.11. The molecule has 4 heteroatoms. The van der Waals surface area contributed by atoms with E-state index in [1.807, 2.05) is 0 Å². The highest BCUT2D eigenvalue weighted by Gasteiger charge is 2.30. The van der Waals surface area contributed by atoms with Gasteiger partial charge in [-0.2, -0.15) is 0 Å². The summed E-state index contributed by atoms with van der Waals surface area (Å²) in [6, 6.07) is 0. The van der Waals surface area contributed by atoms with E-state index in [4.69, 9.17) is 9.84 Å². The first-order valence-corrected chi connectivity index (χ1v) is 4.14. The van der Waals surface area contributed by atoms with Crippen molar-refractivity contribution in [1.82, 2.24) is 0 Å². The van der Waals surface area contributed by atoms with Crippen molar-refractivity contribution in [3.05, 3.63) is 0 Å². The van der Waals surface area contributed by atoms with Crippen LogP contribution in [0.2, 0.25) is 0 Å². The Hall–Kier alpha value is -0.610. The van der Waals surface area contributed by atoms with Crippen LogP contribution in [-0.2, 0) is 9.53 Å². The minimum Gasteiger partial charge on any atom is -0.481 e. The summed E-state index contributed by atoms with van der Waals surface area (Å²) in [6.07, 6.45) is 1.78. The van der Waals surface area contributed by atoms with Gasteiger partial charge in [-0.05, 0) is 19.3 Å². The highest BCUT2D eigenvalue weighted by molar-refractivity contribution is 5.66. The van der Waals surface area contributed by atoms with Crippen LogP contribution in [0.1, 0.15) is 25.7 Å². The Morgan fingerprint density at radius 1 is 1.58 bits per heavy atom. The average Bonchev–Trinajstić information content (AvgIpc) is 2.03. The molecule has 1 unspecified atom stereocenters. The minimum absolute atomic E-state index is 0.0137. The fourth-order valence-corrected chi connectivity index (χ4v) is 1.37. The Morgan fingerprint density at radius 2 is 2.33 bits per heavy atom. The first-order chi connectivity index (χ1) is 5.62. The predicted molar refractivity (Wildman–Crippen MR) is 41.9 cm³/mol. The fraction of sp³-hybridized carbons (Fsp3) is 0.875. The van der Waals surface area contributed by atoms with Gasteiger partial charge in [0.25, 0.3) is 0 Å². The van der Waals surface area contributed by atoms with E-state index in [-0.39, 0.29) is 13.0 Å². The molecule has 1 saturated heterocycles. The van der Waals surface area contributed by atoms with Gasteiger partial charge < -0.3 is 14.9 Å². The lowest BCUT2D eigenvalue weighted by Gasteiger charge is -2.31. The Balaban J connectivity index is 2.31. The lowest BCUT2D eigenvalue weighted by molar-refractivity contribution is -0.140. The van der Waals surface area contributed by atoms with Crippen molar-refractivity contribution >= 4 is 5.97 Å². The topological polar surface area (TPSA) is 66.8 Å². The first kappa shape index (κ1) is 9.48. The zero-order valence-electron chi connectivity index (χ0n) is 6.95. The maximum atomic E-state index is 10.2. The first-order valence-electron chi connectivity index (χ1n) is 4.14. The molecule has 0 aromatic rings. The lowest BCUT2D eigenvalue weighted by atomic mass is 9.92. The van der Waals surface area contributed by atoms with Crippen molar-refractivity contribution < 1.29 is 19.7 Å². The van der Waals surface area contributed by atoms with E-state index in [9.17, 15) is 9.90 Å². The summed E-state index contributed by atoms with van der Waals surface area (Å²) in [5.41, 5.74) is -0.892. The molecule has 0 aliphatic carbocycles. The molecule has 4 nitrogen and oxygen atoms in total. The van der Waals surface area contributed by atoms with E-state index in [2.05, 4.69) is 0 Å². The molecule has 1 fully saturated rings. The average molecular weight is 174 g/mol. The van der Waals surface area contributed by atoms with Crippen molar-refractivity contribution in [1.29, 1.82) is 0 Å². The highest BCUT2D eigenvalue weighted by Crippen LogP contribution is 2.23. The standard InChI is InChI=1S/C8H14O4/c9-7(10)2-4-8(11)3-1-5-12-6-8/h11H,1-6H2,(H,9,10). The molecule has 1 atom stereocenters. The molecule has 0 saturated carbocycles. The largest absolute Gasteiger partial charge is 0.481 e. The number of aliphatic hydroxyl groups is 1. The third-order valence-corrected chi connectivity index (χ3v) is 2.11. The summed E-state index contributed by atoms with van der Waals surface area (Å²) in [5.74, 6) is -0.867. The van der Waals surface area contributed by atoms with E-state index in [1.54, 1.807) is 0 Å². The molecule has 0 bridgehead atoms. The third kappa shape index (κ3) is 2.79. The Labute approximate surface area is 71.2 Å². The monoisotopic (exact) mass is 174 g/mol. The Morgan fingerprint density at radius 3 is 2.83 bits per heavy atom. The quantitative estimate of drug-likeness (QED) is 0.649. The van der Waals surface area contributed by atoms with Gasteiger partial charge in [0.05, 0.1) is 12.2 Å². The normalized spacial score (nSPS) is 30.1. The molecule has 0 aromatic carbocycles. The molecule has 2 N–H and O–H groups in total. The number of carboxylic acids is 1. The van der Waals surface area contributed by atoms with Crippen molar-refractivity contribution in [2.24, 2.45) is 0 Å². The molecular weight excluding hydrogens is 160 g/mol. The second-order valence-electron chi connectivity index (χ2n) is 3.27. The fourth-order valence-electron chi connectivity index (χ4n) is 1.37. The Kier molecular flexibility index (Phi) is 3.05. The van der Waals surface area contributed by atoms with Crippen LogP contribution in [0.5, 0.6) is 0 Å². The molecular formula is C8H14O4. The molecule has 1 aliphatic rings. The smallest absolute Gasteiger partial charge is 0.303 e. The van der Waals surface area contributed by atoms with E-state index in [0.717, 1.165) is 6.42 Å². The lowest BCUT2D eigenvalue weighted by Crippen LogP contribution is -2.38. The number of carbonyl (C=O) groups is 1. The molecule has 0 radical (unpaired) electrons. The molecule has 1 heterocycles.